The van der Waals surface area contributed by atoms with Crippen LogP contribution >= 0.6 is 0 Å². The van der Waals surface area contributed by atoms with E-state index in [0.717, 1.165) is 11.3 Å². The van der Waals surface area contributed by atoms with E-state index in [-0.39, 0.29) is 0 Å². The molecule has 1 heterocycles. The third kappa shape index (κ3) is 1.79. The summed E-state index contributed by atoms with van der Waals surface area (Å²) in [6.45, 7) is 1.96. The number of fused-ring (bicyclic) bond motifs is 1. The van der Waals surface area contributed by atoms with Crippen LogP contribution in [-0.4, -0.2) is 10.7 Å². The van der Waals surface area contributed by atoms with Crippen molar-refractivity contribution < 1.29 is 9.84 Å². The predicted molar refractivity (Wildman–Crippen MR) is 70.6 cm³/mol. The van der Waals surface area contributed by atoms with Crippen LogP contribution in [0.3, 0.4) is 0 Å². The summed E-state index contributed by atoms with van der Waals surface area (Å²) in [4.78, 5) is 0. The SMILES string of the molecule is C[C@@]1(Cc2ccccc2)Oc2ccccc2[C@H]1O. The summed E-state index contributed by atoms with van der Waals surface area (Å²) >= 11 is 0. The molecule has 1 N–H and O–H groups in total. The third-order valence-corrected chi connectivity index (χ3v) is 3.53. The maximum Gasteiger partial charge on any atom is 0.140 e. The average Bonchev–Trinajstić information content (AvgIpc) is 2.63. The number of aliphatic hydroxyl groups is 1. The quantitative estimate of drug-likeness (QED) is 0.874. The van der Waals surface area contributed by atoms with Gasteiger partial charge in [-0.25, -0.2) is 0 Å². The van der Waals surface area contributed by atoms with Crippen molar-refractivity contribution in [2.45, 2.75) is 25.0 Å². The minimum absolute atomic E-state index is 0.575. The monoisotopic (exact) mass is 240 g/mol. The van der Waals surface area contributed by atoms with Gasteiger partial charge in [-0.05, 0) is 18.6 Å². The second kappa shape index (κ2) is 4.14. The van der Waals surface area contributed by atoms with Gasteiger partial charge in [-0.2, -0.15) is 0 Å². The molecule has 2 nitrogen and oxygen atoms in total. The molecule has 0 spiro atoms. The molecule has 0 bridgehead atoms. The van der Waals surface area contributed by atoms with E-state index in [9.17, 15) is 5.11 Å². The van der Waals surface area contributed by atoms with Gasteiger partial charge in [0.2, 0.25) is 0 Å². The van der Waals surface area contributed by atoms with Crippen LogP contribution in [0.5, 0.6) is 5.75 Å². The highest BCUT2D eigenvalue weighted by molar-refractivity contribution is 5.42. The van der Waals surface area contributed by atoms with E-state index in [1.165, 1.54) is 5.56 Å². The lowest BCUT2D eigenvalue weighted by Gasteiger charge is -2.27. The third-order valence-electron chi connectivity index (χ3n) is 3.53. The lowest BCUT2D eigenvalue weighted by atomic mass is 9.89. The van der Waals surface area contributed by atoms with Gasteiger partial charge in [-0.3, -0.25) is 0 Å². The zero-order valence-corrected chi connectivity index (χ0v) is 10.3. The predicted octanol–water partition coefficient (Wildman–Crippen LogP) is 3.11. The van der Waals surface area contributed by atoms with Gasteiger partial charge in [0.25, 0.3) is 0 Å². The summed E-state index contributed by atoms with van der Waals surface area (Å²) in [5.74, 6) is 0.795. The first-order chi connectivity index (χ1) is 8.69. The van der Waals surface area contributed by atoms with Gasteiger partial charge >= 0.3 is 0 Å². The van der Waals surface area contributed by atoms with Crippen LogP contribution in [0.25, 0.3) is 0 Å². The molecule has 2 heteroatoms. The minimum atomic E-state index is -0.578. The zero-order valence-electron chi connectivity index (χ0n) is 10.3. The van der Waals surface area contributed by atoms with Crippen LogP contribution < -0.4 is 4.74 Å². The Kier molecular flexibility index (Phi) is 2.60. The van der Waals surface area contributed by atoms with Gasteiger partial charge in [0.15, 0.2) is 0 Å². The molecule has 92 valence electrons. The van der Waals surface area contributed by atoms with Crippen molar-refractivity contribution >= 4 is 0 Å². The summed E-state index contributed by atoms with van der Waals surface area (Å²) in [6.07, 6.45) is 0.123. The second-order valence-corrected chi connectivity index (χ2v) is 5.02. The Morgan fingerprint density at radius 2 is 1.72 bits per heavy atom. The second-order valence-electron chi connectivity index (χ2n) is 5.02. The van der Waals surface area contributed by atoms with E-state index in [4.69, 9.17) is 4.74 Å². The Balaban J connectivity index is 1.90. The number of hydrogen-bond acceptors (Lipinski definition) is 2. The normalized spacial score (nSPS) is 25.6. The van der Waals surface area contributed by atoms with Crippen molar-refractivity contribution in [1.29, 1.82) is 0 Å². The molecule has 0 aliphatic carbocycles. The van der Waals surface area contributed by atoms with Crippen LogP contribution in [0.15, 0.2) is 54.6 Å². The number of ether oxygens (including phenoxy) is 1. The molecule has 3 rings (SSSR count). The fourth-order valence-electron chi connectivity index (χ4n) is 2.57. The molecule has 0 aromatic heterocycles. The molecule has 0 fully saturated rings. The number of hydrogen-bond donors (Lipinski definition) is 1. The Hall–Kier alpha value is -1.80. The number of rotatable bonds is 2. The molecular weight excluding hydrogens is 224 g/mol. The van der Waals surface area contributed by atoms with Crippen molar-refractivity contribution in [2.75, 3.05) is 0 Å². The highest BCUT2D eigenvalue weighted by Gasteiger charge is 2.43. The van der Waals surface area contributed by atoms with Gasteiger partial charge in [0.05, 0.1) is 0 Å². The molecule has 1 aliphatic heterocycles. The van der Waals surface area contributed by atoms with Crippen LogP contribution in [0.1, 0.15) is 24.2 Å². The molecule has 18 heavy (non-hydrogen) atoms. The van der Waals surface area contributed by atoms with Gasteiger partial charge in [0, 0.05) is 12.0 Å². The Morgan fingerprint density at radius 3 is 2.44 bits per heavy atom. The van der Waals surface area contributed by atoms with Crippen molar-refractivity contribution in [3.05, 3.63) is 65.7 Å². The molecule has 0 saturated heterocycles. The van der Waals surface area contributed by atoms with E-state index in [1.807, 2.05) is 49.4 Å². The van der Waals surface area contributed by atoms with Crippen molar-refractivity contribution in [3.8, 4) is 5.75 Å². The van der Waals surface area contributed by atoms with Crippen LogP contribution in [-0.2, 0) is 6.42 Å². The Bertz CT molecular complexity index is 550. The van der Waals surface area contributed by atoms with E-state index >= 15 is 0 Å². The lowest BCUT2D eigenvalue weighted by Crippen LogP contribution is -2.36. The highest BCUT2D eigenvalue weighted by Crippen LogP contribution is 2.44. The van der Waals surface area contributed by atoms with Crippen LogP contribution in [0.4, 0.5) is 0 Å². The van der Waals surface area contributed by atoms with E-state index in [1.54, 1.807) is 0 Å². The fraction of sp³-hybridized carbons (Fsp3) is 0.250. The maximum atomic E-state index is 10.4. The van der Waals surface area contributed by atoms with Crippen molar-refractivity contribution in [1.82, 2.24) is 0 Å². The number of aliphatic hydroxyl groups excluding tert-OH is 1. The first-order valence-corrected chi connectivity index (χ1v) is 6.19. The van der Waals surface area contributed by atoms with E-state index in [0.29, 0.717) is 6.42 Å². The molecule has 2 aromatic carbocycles. The van der Waals surface area contributed by atoms with E-state index in [2.05, 4.69) is 12.1 Å². The molecular formula is C16H16O2. The summed E-state index contributed by atoms with van der Waals surface area (Å²) in [5, 5.41) is 10.4. The number of benzene rings is 2. The average molecular weight is 240 g/mol. The lowest BCUT2D eigenvalue weighted by molar-refractivity contribution is -0.0135. The summed E-state index contributed by atoms with van der Waals surface area (Å²) in [7, 11) is 0. The largest absolute Gasteiger partial charge is 0.484 e. The molecule has 2 aromatic rings. The summed E-state index contributed by atoms with van der Waals surface area (Å²) in [6, 6.07) is 17.8. The number of para-hydroxylation sites is 1. The van der Waals surface area contributed by atoms with Gasteiger partial charge in [-0.15, -0.1) is 0 Å². The summed E-state index contributed by atoms with van der Waals surface area (Å²) in [5.41, 5.74) is 1.48. The fourth-order valence-corrected chi connectivity index (χ4v) is 2.57. The standard InChI is InChI=1S/C16H16O2/c1-16(11-12-7-3-2-4-8-12)15(17)13-9-5-6-10-14(13)18-16/h2-10,15,17H,11H2,1H3/t15-,16+/m1/s1. The van der Waals surface area contributed by atoms with Crippen LogP contribution in [0.2, 0.25) is 0 Å². The smallest absolute Gasteiger partial charge is 0.140 e. The molecule has 2 atom stereocenters. The molecule has 0 saturated carbocycles. The first-order valence-electron chi connectivity index (χ1n) is 6.19. The molecule has 0 amide bonds. The van der Waals surface area contributed by atoms with Crippen molar-refractivity contribution in [3.63, 3.8) is 0 Å². The van der Waals surface area contributed by atoms with Crippen LogP contribution in [0, 0.1) is 0 Å². The topological polar surface area (TPSA) is 29.5 Å². The van der Waals surface area contributed by atoms with Gasteiger partial charge in [-0.1, -0.05) is 48.5 Å². The van der Waals surface area contributed by atoms with Crippen molar-refractivity contribution in [2.24, 2.45) is 0 Å². The molecule has 0 unspecified atom stereocenters. The summed E-state index contributed by atoms with van der Waals surface area (Å²) < 4.78 is 5.96. The van der Waals surface area contributed by atoms with Gasteiger partial charge < -0.3 is 9.84 Å². The maximum absolute atomic E-state index is 10.4. The zero-order chi connectivity index (χ0) is 12.6. The van der Waals surface area contributed by atoms with E-state index < -0.39 is 11.7 Å². The Morgan fingerprint density at radius 1 is 1.06 bits per heavy atom. The Labute approximate surface area is 107 Å². The minimum Gasteiger partial charge on any atom is -0.484 e. The first kappa shape index (κ1) is 11.3. The molecule has 0 radical (unpaired) electrons. The highest BCUT2D eigenvalue weighted by atomic mass is 16.5. The van der Waals surface area contributed by atoms with Gasteiger partial charge in [0.1, 0.15) is 17.5 Å². The molecule has 1 aliphatic rings.